The molecule has 14 nitrogen and oxygen atoms in total. The highest BCUT2D eigenvalue weighted by molar-refractivity contribution is 5.92. The molecule has 1 aromatic rings. The molecule has 2 saturated carbocycles. The molecule has 0 spiro atoms. The molecule has 3 saturated heterocycles. The van der Waals surface area contributed by atoms with Crippen LogP contribution in [0.1, 0.15) is 90.4 Å². The summed E-state index contributed by atoms with van der Waals surface area (Å²) < 4.78 is 54.1. The topological polar surface area (TPSA) is 185 Å². The van der Waals surface area contributed by atoms with E-state index in [2.05, 4.69) is 13.0 Å². The number of methoxy groups -OCH3 is 2. The molecule has 0 bridgehead atoms. The van der Waals surface area contributed by atoms with Crippen molar-refractivity contribution in [3.63, 3.8) is 0 Å². The average Bonchev–Trinajstić information content (AvgIpc) is 3.57. The van der Waals surface area contributed by atoms with Crippen molar-refractivity contribution in [1.29, 1.82) is 0 Å². The summed E-state index contributed by atoms with van der Waals surface area (Å²) in [6.07, 6.45) is -1.61. The van der Waals surface area contributed by atoms with Gasteiger partial charge in [-0.25, -0.2) is 0 Å². The first-order chi connectivity index (χ1) is 25.7. The molecule has 0 amide bonds. The highest BCUT2D eigenvalue weighted by atomic mass is 16.7. The Labute approximate surface area is 317 Å². The van der Waals surface area contributed by atoms with Gasteiger partial charge in [-0.05, 0) is 77.2 Å². The smallest absolute Gasteiger partial charge is 0.172 e. The maximum atomic E-state index is 13.9. The second-order valence-corrected chi connectivity index (χ2v) is 16.7. The van der Waals surface area contributed by atoms with Crippen molar-refractivity contribution in [3.05, 3.63) is 35.3 Å². The number of furan rings is 1. The van der Waals surface area contributed by atoms with Crippen molar-refractivity contribution in [2.45, 2.75) is 178 Å². The van der Waals surface area contributed by atoms with Gasteiger partial charge in [0.25, 0.3) is 0 Å². The Morgan fingerprint density at radius 1 is 0.815 bits per heavy atom. The van der Waals surface area contributed by atoms with Gasteiger partial charge in [0.05, 0.1) is 55.1 Å². The number of Topliss-reactive ketones (excluding diaryl/α,β-unsaturated/α-hetero) is 1. The van der Waals surface area contributed by atoms with Crippen LogP contribution in [-0.4, -0.2) is 126 Å². The Balaban J connectivity index is 0.940. The zero-order valence-electron chi connectivity index (χ0n) is 32.5. The van der Waals surface area contributed by atoms with E-state index in [1.54, 1.807) is 27.0 Å². The van der Waals surface area contributed by atoms with E-state index in [1.807, 2.05) is 13.8 Å². The molecule has 304 valence electrons. The van der Waals surface area contributed by atoms with Crippen LogP contribution in [0.3, 0.4) is 0 Å². The molecule has 14 heteroatoms. The number of hydrogen-bond acceptors (Lipinski definition) is 14. The highest BCUT2D eigenvalue weighted by Gasteiger charge is 2.58. The van der Waals surface area contributed by atoms with Gasteiger partial charge in [0.1, 0.15) is 24.1 Å². The van der Waals surface area contributed by atoms with E-state index in [1.165, 1.54) is 18.9 Å². The molecule has 4 heterocycles. The Bertz CT molecular complexity index is 1490. The fourth-order valence-electron chi connectivity index (χ4n) is 10.4. The van der Waals surface area contributed by atoms with Crippen LogP contribution in [0.5, 0.6) is 0 Å². The maximum Gasteiger partial charge on any atom is 0.172 e. The number of aliphatic hydroxyl groups is 4. The number of carbonyl (C=O) groups excluding carboxylic acids is 1. The first-order valence-electron chi connectivity index (χ1n) is 19.7. The Kier molecular flexibility index (Phi) is 11.9. The number of aryl methyl sites for hydroxylation is 1. The number of aliphatic hydroxyl groups excluding tert-OH is 3. The quantitative estimate of drug-likeness (QED) is 0.269. The highest BCUT2D eigenvalue weighted by Crippen LogP contribution is 2.58. The molecule has 0 aromatic carbocycles. The largest absolute Gasteiger partial charge is 0.469 e. The van der Waals surface area contributed by atoms with E-state index in [4.69, 9.17) is 42.3 Å². The first kappa shape index (κ1) is 40.4. The first-order valence-corrected chi connectivity index (χ1v) is 19.7. The lowest BCUT2D eigenvalue weighted by Crippen LogP contribution is -2.57. The van der Waals surface area contributed by atoms with Crippen molar-refractivity contribution >= 4 is 5.78 Å². The lowest BCUT2D eigenvalue weighted by molar-refractivity contribution is -0.338. The average molecular weight is 765 g/mol. The summed E-state index contributed by atoms with van der Waals surface area (Å²) in [7, 11) is 3.15. The molecular weight excluding hydrogens is 704 g/mol. The van der Waals surface area contributed by atoms with Crippen LogP contribution < -0.4 is 0 Å². The lowest BCUT2D eigenvalue weighted by atomic mass is 9.51. The monoisotopic (exact) mass is 764 g/mol. The van der Waals surface area contributed by atoms with Crippen LogP contribution in [0.15, 0.2) is 28.4 Å². The van der Waals surface area contributed by atoms with E-state index < -0.39 is 97.0 Å². The Hall–Kier alpha value is -1.79. The van der Waals surface area contributed by atoms with Gasteiger partial charge in [-0.15, -0.1) is 0 Å². The van der Waals surface area contributed by atoms with Crippen LogP contribution in [0, 0.1) is 24.2 Å². The molecule has 3 aliphatic carbocycles. The molecule has 7 rings (SSSR count). The third kappa shape index (κ3) is 7.40. The molecule has 4 unspecified atom stereocenters. The van der Waals surface area contributed by atoms with Gasteiger partial charge in [-0.3, -0.25) is 4.79 Å². The molecule has 3 aliphatic heterocycles. The van der Waals surface area contributed by atoms with Crippen LogP contribution in [-0.2, 0) is 48.3 Å². The second kappa shape index (κ2) is 15.9. The van der Waals surface area contributed by atoms with E-state index in [-0.39, 0.29) is 24.0 Å². The molecule has 0 radical (unpaired) electrons. The van der Waals surface area contributed by atoms with Crippen LogP contribution in [0.2, 0.25) is 0 Å². The number of rotatable bonds is 9. The predicted octanol–water partition coefficient (Wildman–Crippen LogP) is 3.17. The zero-order chi connectivity index (χ0) is 38.7. The molecule has 6 aliphatic rings. The summed E-state index contributed by atoms with van der Waals surface area (Å²) in [5.74, 6) is 0.0491. The third-order valence-electron chi connectivity index (χ3n) is 13.5. The number of fused-ring (bicyclic) bond motifs is 3. The standard InChI is InChI=1S/C40H60O14/c1-19-25(11-13-48-19)40(45)12-10-26-24(38(40)44)9-8-23-14-29(28(42)18-39(23,26)5)52-33-17-31(47-7)37(22(4)51-33)54-32-15-27(41)36(21(3)50-32)53-34-16-30(46-6)35(43)20(2)49-34/h8,11,13,20-22,24,26-37,41-43,45H,9-10,12,14-18H2,1-7H3/t20-,21+,22-,24?,26?,27-,28+,29+,30+,31+,32-,33+,34-,35-,36+,37-,39?,40?/m0/s1. The molecule has 5 fully saturated rings. The van der Waals surface area contributed by atoms with Gasteiger partial charge in [0, 0.05) is 45.0 Å². The fraction of sp³-hybridized carbons (Fsp3) is 0.825. The van der Waals surface area contributed by atoms with Crippen molar-refractivity contribution in [1.82, 2.24) is 0 Å². The Morgan fingerprint density at radius 2 is 1.44 bits per heavy atom. The summed E-state index contributed by atoms with van der Waals surface area (Å²) in [5.41, 5.74) is -0.237. The van der Waals surface area contributed by atoms with Crippen LogP contribution in [0.4, 0.5) is 0 Å². The minimum Gasteiger partial charge on any atom is -0.469 e. The van der Waals surface area contributed by atoms with Crippen LogP contribution >= 0.6 is 0 Å². The molecule has 54 heavy (non-hydrogen) atoms. The van der Waals surface area contributed by atoms with Gasteiger partial charge >= 0.3 is 0 Å². The van der Waals surface area contributed by atoms with E-state index >= 15 is 0 Å². The van der Waals surface area contributed by atoms with Crippen molar-refractivity contribution in [2.75, 3.05) is 14.2 Å². The molecular formula is C40H60O14. The van der Waals surface area contributed by atoms with Gasteiger partial charge in [-0.1, -0.05) is 18.6 Å². The summed E-state index contributed by atoms with van der Waals surface area (Å²) in [6.45, 7) is 9.36. The molecule has 1 aromatic heterocycles. The number of ketones is 1. The van der Waals surface area contributed by atoms with Gasteiger partial charge in [0.15, 0.2) is 30.3 Å². The number of ether oxygens (including phenoxy) is 8. The second-order valence-electron chi connectivity index (χ2n) is 16.7. The number of hydrogen-bond donors (Lipinski definition) is 4. The maximum absolute atomic E-state index is 13.9. The summed E-state index contributed by atoms with van der Waals surface area (Å²) in [5, 5.41) is 44.6. The zero-order valence-corrected chi connectivity index (χ0v) is 32.5. The summed E-state index contributed by atoms with van der Waals surface area (Å²) in [4.78, 5) is 13.9. The van der Waals surface area contributed by atoms with E-state index in [0.717, 1.165) is 0 Å². The minimum atomic E-state index is -1.56. The predicted molar refractivity (Wildman–Crippen MR) is 190 cm³/mol. The van der Waals surface area contributed by atoms with E-state index in [0.29, 0.717) is 56.3 Å². The minimum absolute atomic E-state index is 0.00114. The normalized spacial score (nSPS) is 48.5. The third-order valence-corrected chi connectivity index (χ3v) is 13.5. The van der Waals surface area contributed by atoms with Gasteiger partial charge in [0.2, 0.25) is 0 Å². The number of allylic oxidation sites excluding steroid dienone is 1. The van der Waals surface area contributed by atoms with Crippen molar-refractivity contribution in [3.8, 4) is 0 Å². The Morgan fingerprint density at radius 3 is 2.11 bits per heavy atom. The molecule has 4 N–H and O–H groups in total. The van der Waals surface area contributed by atoms with E-state index in [9.17, 15) is 25.2 Å². The number of carbonyl (C=O) groups is 1. The summed E-state index contributed by atoms with van der Waals surface area (Å²) >= 11 is 0. The fourth-order valence-corrected chi connectivity index (χ4v) is 10.4. The van der Waals surface area contributed by atoms with Gasteiger partial charge < -0.3 is 62.7 Å². The molecule has 18 atom stereocenters. The lowest BCUT2D eigenvalue weighted by Gasteiger charge is -2.55. The van der Waals surface area contributed by atoms with Crippen molar-refractivity contribution in [2.24, 2.45) is 17.3 Å². The van der Waals surface area contributed by atoms with Gasteiger partial charge in [-0.2, -0.15) is 0 Å². The van der Waals surface area contributed by atoms with Crippen LogP contribution in [0.25, 0.3) is 0 Å². The summed E-state index contributed by atoms with van der Waals surface area (Å²) in [6, 6.07) is 1.70. The SMILES string of the molecule is CO[C@@H]1C[C@H](O[C@H]2[C@@H](O)C[C@H](O[C@H]3[C@H](C)O[C@H](O[C@@H]4CC5=CCC6C(=O)C(O)(c7ccoc7C)CCC6C5(C)C[C@H]4O)C[C@H]3OC)O[C@@H]2C)O[C@@H](C)[C@@H]1O. The van der Waals surface area contributed by atoms with Crippen molar-refractivity contribution < 1.29 is 67.5 Å².